The van der Waals surface area contributed by atoms with Crippen LogP contribution in [0.15, 0.2) is 29.4 Å². The maximum atomic E-state index is 12.9. The van der Waals surface area contributed by atoms with Crippen LogP contribution in [-0.2, 0) is 11.3 Å². The lowest BCUT2D eigenvalue weighted by molar-refractivity contribution is -0.134. The lowest BCUT2D eigenvalue weighted by Crippen LogP contribution is -2.48. The average Bonchev–Trinajstić information content (AvgIpc) is 3.13. The number of rotatable bonds is 8. The number of benzene rings is 1. The molecule has 1 aromatic heterocycles. The monoisotopic (exact) mass is 416 g/mol. The normalized spacial score (nSPS) is 19.4. The Kier molecular flexibility index (Phi) is 7.58. The van der Waals surface area contributed by atoms with Crippen molar-refractivity contribution in [2.45, 2.75) is 76.7 Å². The molecule has 2 aromatic rings. The Hall–Kier alpha value is -2.02. The number of carbonyl (C=O) groups excluding carboxylic acids is 1. The molecule has 1 aromatic carbocycles. The summed E-state index contributed by atoms with van der Waals surface area (Å²) in [6.45, 7) is 7.33. The van der Waals surface area contributed by atoms with Crippen molar-refractivity contribution in [2.75, 3.05) is 12.9 Å². The van der Waals surface area contributed by atoms with Gasteiger partial charge in [0.2, 0.25) is 5.91 Å². The van der Waals surface area contributed by atoms with Gasteiger partial charge in [-0.2, -0.15) is 0 Å². The second kappa shape index (κ2) is 10.1. The number of ether oxygens (including phenoxy) is 1. The summed E-state index contributed by atoms with van der Waals surface area (Å²) in [6, 6.07) is 8.51. The summed E-state index contributed by atoms with van der Waals surface area (Å²) in [5, 5.41) is 9.67. The Morgan fingerprint density at radius 1 is 1.17 bits per heavy atom. The molecule has 3 rings (SSSR count). The minimum atomic E-state index is 0.200. The summed E-state index contributed by atoms with van der Waals surface area (Å²) >= 11 is 1.50. The van der Waals surface area contributed by atoms with E-state index in [1.54, 1.807) is 7.11 Å². The third-order valence-electron chi connectivity index (χ3n) is 5.61. The quantitative estimate of drug-likeness (QED) is 0.587. The van der Waals surface area contributed by atoms with Gasteiger partial charge in [0.15, 0.2) is 11.0 Å². The zero-order chi connectivity index (χ0) is 20.8. The number of thioether (sulfide) groups is 1. The fourth-order valence-corrected chi connectivity index (χ4v) is 4.81. The molecule has 0 spiro atoms. The minimum absolute atomic E-state index is 0.200. The molecule has 1 aliphatic heterocycles. The van der Waals surface area contributed by atoms with Crippen LogP contribution >= 0.6 is 11.8 Å². The summed E-state index contributed by atoms with van der Waals surface area (Å²) in [6.07, 6.45) is 5.52. The highest BCUT2D eigenvalue weighted by Gasteiger charge is 2.29. The van der Waals surface area contributed by atoms with Crippen molar-refractivity contribution in [3.8, 4) is 17.1 Å². The number of piperidine rings is 1. The number of aromatic nitrogens is 3. The van der Waals surface area contributed by atoms with Gasteiger partial charge in [-0.3, -0.25) is 4.79 Å². The van der Waals surface area contributed by atoms with Crippen LogP contribution in [0, 0.1) is 0 Å². The van der Waals surface area contributed by atoms with E-state index in [4.69, 9.17) is 4.74 Å². The van der Waals surface area contributed by atoms with Crippen LogP contribution in [0.5, 0.6) is 5.75 Å². The van der Waals surface area contributed by atoms with E-state index in [1.807, 2.05) is 24.3 Å². The number of nitrogens with zero attached hydrogens (tertiary/aromatic N) is 4. The van der Waals surface area contributed by atoms with E-state index in [2.05, 4.69) is 40.4 Å². The molecule has 0 saturated carbocycles. The molecule has 6 nitrogen and oxygen atoms in total. The standard InChI is InChI=1S/C22H32N4O2S/c1-5-6-14-25-21(18-10-12-19(28-4)13-11-18)23-24-22(25)29-15-20(27)26-16(2)8-7-9-17(26)3/h10-13,16-17H,5-9,14-15H2,1-4H3. The van der Waals surface area contributed by atoms with Gasteiger partial charge in [0.25, 0.3) is 0 Å². The predicted molar refractivity (Wildman–Crippen MR) is 117 cm³/mol. The number of likely N-dealkylation sites (tertiary alicyclic amines) is 1. The van der Waals surface area contributed by atoms with Gasteiger partial charge in [0, 0.05) is 24.2 Å². The first-order valence-electron chi connectivity index (χ1n) is 10.6. The number of carbonyl (C=O) groups is 1. The molecule has 158 valence electrons. The van der Waals surface area contributed by atoms with Crippen molar-refractivity contribution in [1.29, 1.82) is 0 Å². The molecule has 2 unspecified atom stereocenters. The molecule has 0 radical (unpaired) electrons. The smallest absolute Gasteiger partial charge is 0.233 e. The van der Waals surface area contributed by atoms with Crippen LogP contribution in [0.1, 0.15) is 52.9 Å². The van der Waals surface area contributed by atoms with Crippen molar-refractivity contribution in [3.05, 3.63) is 24.3 Å². The number of hydrogen-bond donors (Lipinski definition) is 0. The van der Waals surface area contributed by atoms with Gasteiger partial charge in [0.1, 0.15) is 5.75 Å². The van der Waals surface area contributed by atoms with E-state index in [0.29, 0.717) is 17.8 Å². The maximum Gasteiger partial charge on any atom is 0.233 e. The molecule has 0 bridgehead atoms. The molecule has 1 fully saturated rings. The van der Waals surface area contributed by atoms with E-state index < -0.39 is 0 Å². The minimum Gasteiger partial charge on any atom is -0.497 e. The van der Waals surface area contributed by atoms with Crippen molar-refractivity contribution in [1.82, 2.24) is 19.7 Å². The van der Waals surface area contributed by atoms with Gasteiger partial charge in [0.05, 0.1) is 12.9 Å². The van der Waals surface area contributed by atoms with Crippen LogP contribution in [0.4, 0.5) is 0 Å². The SMILES string of the molecule is CCCCn1c(SCC(=O)N2C(C)CCCC2C)nnc1-c1ccc(OC)cc1. The third-order valence-corrected chi connectivity index (χ3v) is 6.56. The lowest BCUT2D eigenvalue weighted by Gasteiger charge is -2.39. The van der Waals surface area contributed by atoms with Crippen molar-refractivity contribution in [2.24, 2.45) is 0 Å². The molecule has 1 aliphatic rings. The Labute approximate surface area is 178 Å². The van der Waals surface area contributed by atoms with Gasteiger partial charge in [-0.1, -0.05) is 25.1 Å². The van der Waals surface area contributed by atoms with Crippen LogP contribution < -0.4 is 4.74 Å². The molecular formula is C22H32N4O2S. The first-order chi connectivity index (χ1) is 14.0. The molecule has 1 amide bonds. The largest absolute Gasteiger partial charge is 0.497 e. The third kappa shape index (κ3) is 5.13. The summed E-state index contributed by atoms with van der Waals surface area (Å²) in [4.78, 5) is 15.0. The number of methoxy groups -OCH3 is 1. The molecule has 29 heavy (non-hydrogen) atoms. The predicted octanol–water partition coefficient (Wildman–Crippen LogP) is 4.64. The van der Waals surface area contributed by atoms with E-state index in [1.165, 1.54) is 18.2 Å². The van der Waals surface area contributed by atoms with Gasteiger partial charge >= 0.3 is 0 Å². The molecule has 2 heterocycles. The first-order valence-corrected chi connectivity index (χ1v) is 11.5. The second-order valence-corrected chi connectivity index (χ2v) is 8.70. The average molecular weight is 417 g/mol. The van der Waals surface area contributed by atoms with Gasteiger partial charge in [-0.25, -0.2) is 0 Å². The van der Waals surface area contributed by atoms with Crippen LogP contribution in [0.2, 0.25) is 0 Å². The Balaban J connectivity index is 1.76. The fraction of sp³-hybridized carbons (Fsp3) is 0.591. The van der Waals surface area contributed by atoms with Gasteiger partial charge < -0.3 is 14.2 Å². The van der Waals surface area contributed by atoms with Crippen LogP contribution in [-0.4, -0.2) is 50.5 Å². The zero-order valence-electron chi connectivity index (χ0n) is 17.9. The number of hydrogen-bond acceptors (Lipinski definition) is 5. The topological polar surface area (TPSA) is 60.2 Å². The lowest BCUT2D eigenvalue weighted by atomic mass is 9.98. The molecule has 0 N–H and O–H groups in total. The van der Waals surface area contributed by atoms with E-state index in [9.17, 15) is 4.79 Å². The van der Waals surface area contributed by atoms with Crippen LogP contribution in [0.25, 0.3) is 11.4 Å². The first kappa shape index (κ1) is 21.7. The number of amides is 1. The molecule has 0 aliphatic carbocycles. The molecule has 7 heteroatoms. The van der Waals surface area contributed by atoms with Gasteiger partial charge in [-0.15, -0.1) is 10.2 Å². The summed E-state index contributed by atoms with van der Waals surface area (Å²) in [5.41, 5.74) is 1.01. The Morgan fingerprint density at radius 2 is 1.86 bits per heavy atom. The highest BCUT2D eigenvalue weighted by atomic mass is 32.2. The van der Waals surface area contributed by atoms with E-state index in [-0.39, 0.29) is 5.91 Å². The zero-order valence-corrected chi connectivity index (χ0v) is 18.7. The number of unbranched alkanes of at least 4 members (excludes halogenated alkanes) is 1. The summed E-state index contributed by atoms with van der Waals surface area (Å²) in [7, 11) is 1.66. The second-order valence-electron chi connectivity index (χ2n) is 7.76. The van der Waals surface area contributed by atoms with E-state index >= 15 is 0 Å². The highest BCUT2D eigenvalue weighted by Crippen LogP contribution is 2.28. The van der Waals surface area contributed by atoms with Crippen molar-refractivity contribution < 1.29 is 9.53 Å². The summed E-state index contributed by atoms with van der Waals surface area (Å²) < 4.78 is 7.40. The molecule has 2 atom stereocenters. The molecular weight excluding hydrogens is 384 g/mol. The maximum absolute atomic E-state index is 12.9. The Morgan fingerprint density at radius 3 is 2.48 bits per heavy atom. The van der Waals surface area contributed by atoms with Crippen molar-refractivity contribution in [3.63, 3.8) is 0 Å². The van der Waals surface area contributed by atoms with Crippen molar-refractivity contribution >= 4 is 17.7 Å². The summed E-state index contributed by atoms with van der Waals surface area (Å²) in [5.74, 6) is 2.27. The van der Waals surface area contributed by atoms with E-state index in [0.717, 1.165) is 54.5 Å². The fourth-order valence-electron chi connectivity index (χ4n) is 3.98. The van der Waals surface area contributed by atoms with Gasteiger partial charge in [-0.05, 0) is 63.8 Å². The Bertz CT molecular complexity index is 796. The van der Waals surface area contributed by atoms with Crippen LogP contribution in [0.3, 0.4) is 0 Å². The highest BCUT2D eigenvalue weighted by molar-refractivity contribution is 7.99. The molecule has 1 saturated heterocycles.